The number of nitrogens with one attached hydrogen (secondary N) is 2. The molecule has 0 spiro atoms. The van der Waals surface area contributed by atoms with Crippen LogP contribution < -0.4 is 20.5 Å². The number of para-hydroxylation sites is 1. The van der Waals surface area contributed by atoms with Gasteiger partial charge < -0.3 is 14.5 Å². The molecule has 1 amide bonds. The molecular formula is C24H17Cl2N3O4. The predicted molar refractivity (Wildman–Crippen MR) is 128 cm³/mol. The maximum Gasteiger partial charge on any atom is 0.323 e. The van der Waals surface area contributed by atoms with Crippen LogP contribution in [0.15, 0.2) is 88.8 Å². The minimum Gasteiger partial charge on any atom is -0.446 e. The van der Waals surface area contributed by atoms with Gasteiger partial charge in [-0.1, -0.05) is 41.4 Å². The summed E-state index contributed by atoms with van der Waals surface area (Å²) in [7, 11) is 0. The van der Waals surface area contributed by atoms with Gasteiger partial charge in [0.2, 0.25) is 0 Å². The van der Waals surface area contributed by atoms with E-state index in [0.29, 0.717) is 27.1 Å². The van der Waals surface area contributed by atoms with E-state index in [-0.39, 0.29) is 11.1 Å². The highest BCUT2D eigenvalue weighted by Crippen LogP contribution is 2.20. The van der Waals surface area contributed by atoms with Crippen LogP contribution in [0, 0.1) is 0 Å². The molecule has 4 aromatic rings. The maximum absolute atomic E-state index is 12.8. The third-order valence-corrected chi connectivity index (χ3v) is 4.99. The highest BCUT2D eigenvalue weighted by atomic mass is 35.5. The summed E-state index contributed by atoms with van der Waals surface area (Å²) in [5, 5.41) is 5.77. The van der Waals surface area contributed by atoms with Crippen LogP contribution in [0.3, 0.4) is 0 Å². The van der Waals surface area contributed by atoms with Gasteiger partial charge in [0, 0.05) is 15.6 Å². The zero-order valence-electron chi connectivity index (χ0n) is 17.0. The largest absolute Gasteiger partial charge is 0.446 e. The minimum absolute atomic E-state index is 0.280. The number of aromatic amines is 1. The summed E-state index contributed by atoms with van der Waals surface area (Å²) in [6.07, 6.45) is -0.121. The molecule has 33 heavy (non-hydrogen) atoms. The monoisotopic (exact) mass is 481 g/mol. The number of fused-ring (bicyclic) bond motifs is 1. The van der Waals surface area contributed by atoms with Crippen LogP contribution in [0.2, 0.25) is 10.0 Å². The number of rotatable bonds is 7. The lowest BCUT2D eigenvalue weighted by atomic mass is 10.2. The fraction of sp³-hybridized carbons (Fsp3) is 0.0417. The van der Waals surface area contributed by atoms with Crippen molar-refractivity contribution in [2.24, 2.45) is 5.10 Å². The molecule has 0 aliphatic heterocycles. The van der Waals surface area contributed by atoms with Gasteiger partial charge in [-0.3, -0.25) is 9.59 Å². The number of H-pyrrole nitrogens is 1. The molecule has 9 heteroatoms. The second-order valence-corrected chi connectivity index (χ2v) is 7.72. The first-order chi connectivity index (χ1) is 16.0. The van der Waals surface area contributed by atoms with E-state index < -0.39 is 12.2 Å². The van der Waals surface area contributed by atoms with Crippen molar-refractivity contribution in [3.63, 3.8) is 0 Å². The third kappa shape index (κ3) is 5.91. The Kier molecular flexibility index (Phi) is 6.92. The second-order valence-electron chi connectivity index (χ2n) is 6.85. The topological polar surface area (TPSA) is 92.8 Å². The molecule has 2 N–H and O–H groups in total. The molecule has 0 fully saturated rings. The fourth-order valence-electron chi connectivity index (χ4n) is 2.88. The first-order valence-corrected chi connectivity index (χ1v) is 10.5. The molecule has 0 atom stereocenters. The summed E-state index contributed by atoms with van der Waals surface area (Å²) in [4.78, 5) is 27.8. The van der Waals surface area contributed by atoms with Crippen LogP contribution in [0.1, 0.15) is 5.56 Å². The van der Waals surface area contributed by atoms with Gasteiger partial charge in [0.05, 0.1) is 11.8 Å². The molecule has 1 aromatic heterocycles. The molecule has 7 nitrogen and oxygen atoms in total. The summed E-state index contributed by atoms with van der Waals surface area (Å²) in [6, 6.07) is 21.9. The van der Waals surface area contributed by atoms with Gasteiger partial charge in [-0.2, -0.15) is 5.10 Å². The standard InChI is InChI=1S/C24H17Cl2N3O4/c25-17-5-9-19(10-6-17)32-24(33-20-11-7-18(26)8-12-20)23(31)29-27-14-16-13-15-3-1-2-4-21(15)28-22(16)30/h1-14,24H,(H,28,30)(H,29,31). The van der Waals surface area contributed by atoms with Crippen molar-refractivity contribution in [3.8, 4) is 11.5 Å². The van der Waals surface area contributed by atoms with E-state index >= 15 is 0 Å². The molecule has 0 unspecified atom stereocenters. The Morgan fingerprint density at radius 1 is 0.909 bits per heavy atom. The summed E-state index contributed by atoms with van der Waals surface area (Å²) in [5.41, 5.74) is 3.00. The van der Waals surface area contributed by atoms with Crippen molar-refractivity contribution in [3.05, 3.63) is 105 Å². The average Bonchev–Trinajstić information content (AvgIpc) is 2.81. The van der Waals surface area contributed by atoms with Crippen LogP contribution in [-0.4, -0.2) is 23.4 Å². The SMILES string of the molecule is O=C(NN=Cc1cc2ccccc2[nH]c1=O)C(Oc1ccc(Cl)cc1)Oc1ccc(Cl)cc1. The van der Waals surface area contributed by atoms with Crippen molar-refractivity contribution in [2.45, 2.75) is 6.29 Å². The number of hydrogen-bond acceptors (Lipinski definition) is 5. The number of carbonyl (C=O) groups is 1. The quantitative estimate of drug-likeness (QED) is 0.226. The summed E-state index contributed by atoms with van der Waals surface area (Å²) >= 11 is 11.8. The Hall–Kier alpha value is -3.81. The second kappa shape index (κ2) is 10.2. The Bertz CT molecular complexity index is 1310. The van der Waals surface area contributed by atoms with Gasteiger partial charge in [-0.15, -0.1) is 0 Å². The van der Waals surface area contributed by atoms with E-state index in [0.717, 1.165) is 5.39 Å². The van der Waals surface area contributed by atoms with E-state index in [1.807, 2.05) is 18.2 Å². The fourth-order valence-corrected chi connectivity index (χ4v) is 3.13. The number of nitrogens with zero attached hydrogens (tertiary/aromatic N) is 1. The number of halogens is 2. The number of carbonyl (C=O) groups excluding carboxylic acids is 1. The van der Waals surface area contributed by atoms with E-state index in [1.165, 1.54) is 6.21 Å². The predicted octanol–water partition coefficient (Wildman–Crippen LogP) is 4.77. The first-order valence-electron chi connectivity index (χ1n) is 9.77. The Balaban J connectivity index is 1.51. The molecule has 4 rings (SSSR count). The van der Waals surface area contributed by atoms with E-state index in [2.05, 4.69) is 15.5 Å². The van der Waals surface area contributed by atoms with E-state index in [1.54, 1.807) is 60.7 Å². The van der Waals surface area contributed by atoms with Gasteiger partial charge in [-0.25, -0.2) is 5.43 Å². The molecule has 0 aliphatic carbocycles. The van der Waals surface area contributed by atoms with E-state index in [9.17, 15) is 9.59 Å². The van der Waals surface area contributed by atoms with Crippen molar-refractivity contribution in [2.75, 3.05) is 0 Å². The zero-order valence-corrected chi connectivity index (χ0v) is 18.5. The number of pyridine rings is 1. The number of hydrogen-bond donors (Lipinski definition) is 2. The van der Waals surface area contributed by atoms with Crippen molar-refractivity contribution < 1.29 is 14.3 Å². The molecule has 0 saturated carbocycles. The average molecular weight is 482 g/mol. The van der Waals surface area contributed by atoms with Crippen LogP contribution in [0.5, 0.6) is 11.5 Å². The number of aromatic nitrogens is 1. The highest BCUT2D eigenvalue weighted by molar-refractivity contribution is 6.30. The first kappa shape index (κ1) is 22.4. The van der Waals surface area contributed by atoms with Crippen molar-refractivity contribution >= 4 is 46.2 Å². The molecular weight excluding hydrogens is 465 g/mol. The molecule has 3 aromatic carbocycles. The molecule has 0 bridgehead atoms. The molecule has 1 heterocycles. The lowest BCUT2D eigenvalue weighted by molar-refractivity contribution is -0.140. The Morgan fingerprint density at radius 3 is 2.09 bits per heavy atom. The number of benzene rings is 3. The zero-order chi connectivity index (χ0) is 23.2. The van der Waals surface area contributed by atoms with E-state index in [4.69, 9.17) is 32.7 Å². The third-order valence-electron chi connectivity index (χ3n) is 4.49. The molecule has 0 saturated heterocycles. The Morgan fingerprint density at radius 2 is 1.48 bits per heavy atom. The molecule has 0 radical (unpaired) electrons. The smallest absolute Gasteiger partial charge is 0.323 e. The molecule has 166 valence electrons. The van der Waals surface area contributed by atoms with Gasteiger partial charge in [0.15, 0.2) is 0 Å². The lowest BCUT2D eigenvalue weighted by Gasteiger charge is -2.19. The summed E-state index contributed by atoms with van der Waals surface area (Å²) in [5.74, 6) is 0.0419. The van der Waals surface area contributed by atoms with Crippen LogP contribution in [0.25, 0.3) is 10.9 Å². The van der Waals surface area contributed by atoms with Gasteiger partial charge in [-0.05, 0) is 66.0 Å². The lowest BCUT2D eigenvalue weighted by Crippen LogP contribution is -2.40. The summed E-state index contributed by atoms with van der Waals surface area (Å²) in [6.45, 7) is 0. The van der Waals surface area contributed by atoms with Crippen LogP contribution in [0.4, 0.5) is 0 Å². The van der Waals surface area contributed by atoms with Gasteiger partial charge in [0.1, 0.15) is 11.5 Å². The normalized spacial score (nSPS) is 11.1. The van der Waals surface area contributed by atoms with Crippen molar-refractivity contribution in [1.29, 1.82) is 0 Å². The van der Waals surface area contributed by atoms with Crippen LogP contribution in [-0.2, 0) is 4.79 Å². The highest BCUT2D eigenvalue weighted by Gasteiger charge is 2.22. The van der Waals surface area contributed by atoms with Gasteiger partial charge in [0.25, 0.3) is 5.56 Å². The number of ether oxygens (including phenoxy) is 2. The minimum atomic E-state index is -1.38. The van der Waals surface area contributed by atoms with Crippen LogP contribution >= 0.6 is 23.2 Å². The number of amides is 1. The molecule has 0 aliphatic rings. The summed E-state index contributed by atoms with van der Waals surface area (Å²) < 4.78 is 11.4. The Labute approximate surface area is 198 Å². The maximum atomic E-state index is 12.8. The van der Waals surface area contributed by atoms with Gasteiger partial charge >= 0.3 is 12.2 Å². The number of hydrazone groups is 1. The van der Waals surface area contributed by atoms with Crippen molar-refractivity contribution in [1.82, 2.24) is 10.4 Å².